The first kappa shape index (κ1) is 14.8. The molecule has 2 heterocycles. The molecule has 0 radical (unpaired) electrons. The Bertz CT molecular complexity index is 416. The molecule has 2 rings (SSSR count). The largest absolute Gasteiger partial charge is 0.393 e. The van der Waals surface area contributed by atoms with Crippen LogP contribution >= 0.6 is 11.3 Å². The highest BCUT2D eigenvalue weighted by Gasteiger charge is 2.43. The van der Waals surface area contributed by atoms with Gasteiger partial charge in [0, 0.05) is 18.0 Å². The lowest BCUT2D eigenvalue weighted by Gasteiger charge is -2.38. The average Bonchev–Trinajstić information content (AvgIpc) is 2.76. The van der Waals surface area contributed by atoms with E-state index in [1.165, 1.54) is 0 Å². The predicted octanol–water partition coefficient (Wildman–Crippen LogP) is 3.33. The summed E-state index contributed by atoms with van der Waals surface area (Å²) in [5, 5.41) is 1.97. The van der Waals surface area contributed by atoms with Crippen LogP contribution in [0.3, 0.4) is 0 Å². The van der Waals surface area contributed by atoms with Crippen LogP contribution in [0.5, 0.6) is 0 Å². The standard InChI is InChI=1S/C13H19F3N2S/c1-9-4-6-19-12(9)11(7-17)18-5-2-3-10(8-18)13(14,15)16/h4,6,10-11H,2-3,5,7-8,17H2,1H3. The number of likely N-dealkylation sites (tertiary alicyclic amines) is 1. The van der Waals surface area contributed by atoms with E-state index in [1.54, 1.807) is 11.3 Å². The van der Waals surface area contributed by atoms with Gasteiger partial charge >= 0.3 is 6.18 Å². The second-order valence-electron chi connectivity index (χ2n) is 5.10. The Morgan fingerprint density at radius 2 is 2.26 bits per heavy atom. The summed E-state index contributed by atoms with van der Waals surface area (Å²) in [6.07, 6.45) is -3.27. The third-order valence-corrected chi connectivity index (χ3v) is 4.90. The van der Waals surface area contributed by atoms with E-state index < -0.39 is 12.1 Å². The van der Waals surface area contributed by atoms with Gasteiger partial charge in [-0.3, -0.25) is 4.90 Å². The topological polar surface area (TPSA) is 29.3 Å². The molecule has 0 saturated carbocycles. The van der Waals surface area contributed by atoms with Crippen LogP contribution in [0.25, 0.3) is 0 Å². The number of hydrogen-bond donors (Lipinski definition) is 1. The van der Waals surface area contributed by atoms with Crippen molar-refractivity contribution in [3.05, 3.63) is 21.9 Å². The molecule has 1 saturated heterocycles. The highest BCUT2D eigenvalue weighted by molar-refractivity contribution is 7.10. The maximum absolute atomic E-state index is 12.8. The Morgan fingerprint density at radius 3 is 2.79 bits per heavy atom. The van der Waals surface area contributed by atoms with Crippen LogP contribution in [0.1, 0.15) is 29.3 Å². The molecule has 1 fully saturated rings. The molecule has 1 aromatic rings. The number of piperidine rings is 1. The van der Waals surface area contributed by atoms with Crippen molar-refractivity contribution in [1.29, 1.82) is 0 Å². The van der Waals surface area contributed by atoms with E-state index in [9.17, 15) is 13.2 Å². The van der Waals surface area contributed by atoms with E-state index in [4.69, 9.17) is 5.73 Å². The third kappa shape index (κ3) is 3.30. The minimum Gasteiger partial charge on any atom is -0.329 e. The summed E-state index contributed by atoms with van der Waals surface area (Å²) < 4.78 is 38.5. The van der Waals surface area contributed by atoms with Crippen LogP contribution in [0, 0.1) is 12.8 Å². The molecule has 0 aliphatic carbocycles. The monoisotopic (exact) mass is 292 g/mol. The lowest BCUT2D eigenvalue weighted by atomic mass is 9.95. The van der Waals surface area contributed by atoms with Gasteiger partial charge in [0.1, 0.15) is 0 Å². The third-order valence-electron chi connectivity index (χ3n) is 3.78. The van der Waals surface area contributed by atoms with Crippen molar-refractivity contribution < 1.29 is 13.2 Å². The fraction of sp³-hybridized carbons (Fsp3) is 0.692. The zero-order valence-electron chi connectivity index (χ0n) is 10.9. The van der Waals surface area contributed by atoms with Gasteiger partial charge in [-0.25, -0.2) is 0 Å². The highest BCUT2D eigenvalue weighted by atomic mass is 32.1. The molecule has 1 aliphatic heterocycles. The quantitative estimate of drug-likeness (QED) is 0.926. The van der Waals surface area contributed by atoms with Crippen molar-refractivity contribution in [1.82, 2.24) is 4.90 Å². The molecule has 0 aromatic carbocycles. The van der Waals surface area contributed by atoms with Crippen molar-refractivity contribution in [3.63, 3.8) is 0 Å². The molecule has 2 nitrogen and oxygen atoms in total. The highest BCUT2D eigenvalue weighted by Crippen LogP contribution is 2.37. The van der Waals surface area contributed by atoms with Gasteiger partial charge in [0.15, 0.2) is 0 Å². The van der Waals surface area contributed by atoms with Gasteiger partial charge in [0.05, 0.1) is 12.0 Å². The normalized spacial score (nSPS) is 23.5. The van der Waals surface area contributed by atoms with E-state index in [0.717, 1.165) is 10.4 Å². The zero-order valence-corrected chi connectivity index (χ0v) is 11.7. The second kappa shape index (κ2) is 5.81. The maximum atomic E-state index is 12.8. The van der Waals surface area contributed by atoms with Crippen LogP contribution in [0.4, 0.5) is 13.2 Å². The Morgan fingerprint density at radius 1 is 1.53 bits per heavy atom. The summed E-state index contributed by atoms with van der Waals surface area (Å²) in [5.74, 6) is -1.21. The van der Waals surface area contributed by atoms with Gasteiger partial charge in [-0.1, -0.05) is 0 Å². The average molecular weight is 292 g/mol. The number of nitrogens with two attached hydrogens (primary N) is 1. The Kier molecular flexibility index (Phi) is 4.53. The molecular formula is C13H19F3N2S. The molecule has 2 atom stereocenters. The van der Waals surface area contributed by atoms with Crippen molar-refractivity contribution >= 4 is 11.3 Å². The SMILES string of the molecule is Cc1ccsc1C(CN)N1CCCC(C(F)(F)F)C1. The number of rotatable bonds is 3. The number of alkyl halides is 3. The molecular weight excluding hydrogens is 273 g/mol. The molecule has 2 N–H and O–H groups in total. The Hall–Kier alpha value is -0.590. The van der Waals surface area contributed by atoms with Gasteiger partial charge in [-0.15, -0.1) is 11.3 Å². The molecule has 6 heteroatoms. The van der Waals surface area contributed by atoms with E-state index in [-0.39, 0.29) is 19.0 Å². The summed E-state index contributed by atoms with van der Waals surface area (Å²) in [6, 6.07) is 1.92. The number of aryl methyl sites for hydroxylation is 1. The van der Waals surface area contributed by atoms with Gasteiger partial charge in [0.25, 0.3) is 0 Å². The molecule has 1 aliphatic rings. The number of halogens is 3. The molecule has 1 aromatic heterocycles. The Labute approximate surface area is 115 Å². The fourth-order valence-electron chi connectivity index (χ4n) is 2.70. The van der Waals surface area contributed by atoms with E-state index in [2.05, 4.69) is 0 Å². The summed E-state index contributed by atoms with van der Waals surface area (Å²) in [4.78, 5) is 3.01. The molecule has 0 amide bonds. The fourth-order valence-corrected chi connectivity index (χ4v) is 3.78. The molecule has 0 bridgehead atoms. The van der Waals surface area contributed by atoms with Gasteiger partial charge in [-0.2, -0.15) is 13.2 Å². The maximum Gasteiger partial charge on any atom is 0.393 e. The molecule has 2 unspecified atom stereocenters. The second-order valence-corrected chi connectivity index (χ2v) is 6.04. The molecule has 19 heavy (non-hydrogen) atoms. The summed E-state index contributed by atoms with van der Waals surface area (Å²) >= 11 is 1.58. The van der Waals surface area contributed by atoms with Crippen LogP contribution in [-0.4, -0.2) is 30.7 Å². The zero-order chi connectivity index (χ0) is 14.0. The first-order chi connectivity index (χ1) is 8.93. The summed E-state index contributed by atoms with van der Waals surface area (Å²) in [7, 11) is 0. The van der Waals surface area contributed by atoms with Crippen molar-refractivity contribution in [2.24, 2.45) is 11.7 Å². The van der Waals surface area contributed by atoms with Crippen molar-refractivity contribution in [3.8, 4) is 0 Å². The molecule has 0 spiro atoms. The van der Waals surface area contributed by atoms with Gasteiger partial charge in [0.2, 0.25) is 0 Å². The van der Waals surface area contributed by atoms with Crippen LogP contribution < -0.4 is 5.73 Å². The number of hydrogen-bond acceptors (Lipinski definition) is 3. The Balaban J connectivity index is 2.13. The van der Waals surface area contributed by atoms with Gasteiger partial charge in [-0.05, 0) is 43.3 Å². The lowest BCUT2D eigenvalue weighted by molar-refractivity contribution is -0.188. The lowest BCUT2D eigenvalue weighted by Crippen LogP contribution is -2.45. The van der Waals surface area contributed by atoms with E-state index >= 15 is 0 Å². The van der Waals surface area contributed by atoms with Crippen molar-refractivity contribution in [2.45, 2.75) is 32.0 Å². The number of nitrogens with zero attached hydrogens (tertiary/aromatic N) is 1. The smallest absolute Gasteiger partial charge is 0.329 e. The summed E-state index contributed by atoms with van der Waals surface area (Å²) in [6.45, 7) is 3.13. The molecule has 108 valence electrons. The van der Waals surface area contributed by atoms with Crippen molar-refractivity contribution in [2.75, 3.05) is 19.6 Å². The summed E-state index contributed by atoms with van der Waals surface area (Å²) in [5.41, 5.74) is 6.92. The van der Waals surface area contributed by atoms with Crippen LogP contribution in [-0.2, 0) is 0 Å². The first-order valence-electron chi connectivity index (χ1n) is 6.48. The van der Waals surface area contributed by atoms with Crippen LogP contribution in [0.2, 0.25) is 0 Å². The van der Waals surface area contributed by atoms with Crippen LogP contribution in [0.15, 0.2) is 11.4 Å². The van der Waals surface area contributed by atoms with E-state index in [1.807, 2.05) is 23.3 Å². The minimum atomic E-state index is -4.09. The number of thiophene rings is 1. The first-order valence-corrected chi connectivity index (χ1v) is 7.36. The van der Waals surface area contributed by atoms with Gasteiger partial charge < -0.3 is 5.73 Å². The predicted molar refractivity (Wildman–Crippen MR) is 71.2 cm³/mol. The van der Waals surface area contributed by atoms with E-state index in [0.29, 0.717) is 19.5 Å². The minimum absolute atomic E-state index is 0.0721.